The third-order valence-corrected chi connectivity index (χ3v) is 4.76. The van der Waals surface area contributed by atoms with Crippen molar-refractivity contribution in [1.82, 2.24) is 5.06 Å². The minimum absolute atomic E-state index is 0.0866. The molecule has 0 aromatic heterocycles. The molecule has 1 aliphatic carbocycles. The molecule has 4 rings (SSSR count). The monoisotopic (exact) mass is 301 g/mol. The van der Waals surface area contributed by atoms with Gasteiger partial charge in [-0.2, -0.15) is 0 Å². The molecule has 0 radical (unpaired) electrons. The zero-order chi connectivity index (χ0) is 15.3. The zero-order valence-electron chi connectivity index (χ0n) is 11.9. The van der Waals surface area contributed by atoms with Crippen molar-refractivity contribution in [2.24, 2.45) is 5.41 Å². The van der Waals surface area contributed by atoms with Crippen LogP contribution >= 0.6 is 0 Å². The zero-order valence-corrected chi connectivity index (χ0v) is 11.9. The fourth-order valence-electron chi connectivity index (χ4n) is 3.53. The molecule has 1 aromatic rings. The summed E-state index contributed by atoms with van der Waals surface area (Å²) in [5.41, 5.74) is -0.179. The van der Waals surface area contributed by atoms with Gasteiger partial charge in [-0.1, -0.05) is 17.2 Å². The minimum atomic E-state index is -0.710. The second kappa shape index (κ2) is 4.64. The Hall–Kier alpha value is -2.21. The van der Waals surface area contributed by atoms with E-state index in [-0.39, 0.29) is 17.2 Å². The Labute approximate surface area is 126 Å². The topological polar surface area (TPSA) is 72.9 Å². The molecule has 2 fully saturated rings. The van der Waals surface area contributed by atoms with Crippen LogP contribution in [0.2, 0.25) is 0 Å². The highest BCUT2D eigenvalue weighted by Gasteiger charge is 2.52. The lowest BCUT2D eigenvalue weighted by Crippen LogP contribution is -2.42. The molecule has 2 atom stereocenters. The molecule has 1 saturated carbocycles. The fraction of sp³-hybridized carbons (Fsp3) is 0.438. The van der Waals surface area contributed by atoms with Crippen molar-refractivity contribution in [3.05, 3.63) is 35.4 Å². The van der Waals surface area contributed by atoms with E-state index in [1.165, 1.54) is 0 Å². The Morgan fingerprint density at radius 3 is 2.59 bits per heavy atom. The van der Waals surface area contributed by atoms with Gasteiger partial charge in [0.1, 0.15) is 0 Å². The van der Waals surface area contributed by atoms with E-state index in [0.717, 1.165) is 12.8 Å². The molecular formula is C16H15NO5. The number of hydrogen-bond acceptors (Lipinski definition) is 5. The van der Waals surface area contributed by atoms with Crippen LogP contribution < -0.4 is 0 Å². The van der Waals surface area contributed by atoms with Gasteiger partial charge in [0.05, 0.1) is 29.3 Å². The van der Waals surface area contributed by atoms with Crippen LogP contribution in [0, 0.1) is 5.41 Å². The molecule has 2 unspecified atom stereocenters. The first-order chi connectivity index (χ1) is 10.6. The lowest BCUT2D eigenvalue weighted by atomic mass is 9.76. The number of hydroxylamine groups is 2. The fourth-order valence-corrected chi connectivity index (χ4v) is 3.53. The summed E-state index contributed by atoms with van der Waals surface area (Å²) in [4.78, 5) is 42.2. The summed E-state index contributed by atoms with van der Waals surface area (Å²) in [6.45, 7) is 0.305. The average molecular weight is 301 g/mol. The Balaban J connectivity index is 1.56. The van der Waals surface area contributed by atoms with Gasteiger partial charge >= 0.3 is 5.97 Å². The van der Waals surface area contributed by atoms with Crippen molar-refractivity contribution in [1.29, 1.82) is 0 Å². The van der Waals surface area contributed by atoms with E-state index in [0.29, 0.717) is 24.5 Å². The minimum Gasteiger partial charge on any atom is -0.377 e. The van der Waals surface area contributed by atoms with Gasteiger partial charge in [0.15, 0.2) is 0 Å². The average Bonchev–Trinajstić information content (AvgIpc) is 2.97. The number of fused-ring (bicyclic) bond motifs is 3. The molecule has 1 saturated heterocycles. The normalized spacial score (nSPS) is 29.6. The van der Waals surface area contributed by atoms with Gasteiger partial charge in [0.2, 0.25) is 0 Å². The van der Waals surface area contributed by atoms with Gasteiger partial charge in [0.25, 0.3) is 11.8 Å². The van der Waals surface area contributed by atoms with Crippen molar-refractivity contribution in [2.45, 2.75) is 31.8 Å². The van der Waals surface area contributed by atoms with E-state index in [1.807, 2.05) is 0 Å². The predicted molar refractivity (Wildman–Crippen MR) is 73.7 cm³/mol. The smallest absolute Gasteiger partial charge is 0.341 e. The van der Waals surface area contributed by atoms with Gasteiger partial charge < -0.3 is 9.57 Å². The summed E-state index contributed by atoms with van der Waals surface area (Å²) in [7, 11) is 0. The second-order valence-corrected chi connectivity index (χ2v) is 6.14. The molecule has 114 valence electrons. The number of hydrogen-bond donors (Lipinski definition) is 0. The second-order valence-electron chi connectivity index (χ2n) is 6.14. The third-order valence-electron chi connectivity index (χ3n) is 4.76. The van der Waals surface area contributed by atoms with E-state index in [2.05, 4.69) is 0 Å². The number of nitrogens with zero attached hydrogens (tertiary/aromatic N) is 1. The van der Waals surface area contributed by atoms with Crippen molar-refractivity contribution < 1.29 is 24.0 Å². The van der Waals surface area contributed by atoms with Crippen molar-refractivity contribution >= 4 is 17.8 Å². The van der Waals surface area contributed by atoms with Crippen LogP contribution in [-0.2, 0) is 14.4 Å². The summed E-state index contributed by atoms with van der Waals surface area (Å²) in [5, 5.41) is 0.587. The van der Waals surface area contributed by atoms with Gasteiger partial charge in [-0.3, -0.25) is 9.59 Å². The van der Waals surface area contributed by atoms with Crippen LogP contribution in [0.3, 0.4) is 0 Å². The van der Waals surface area contributed by atoms with Gasteiger partial charge in [-0.25, -0.2) is 4.79 Å². The Kier molecular flexibility index (Phi) is 2.84. The molecule has 2 amide bonds. The van der Waals surface area contributed by atoms with E-state index in [4.69, 9.17) is 9.57 Å². The first kappa shape index (κ1) is 13.5. The molecular weight excluding hydrogens is 286 g/mol. The largest absolute Gasteiger partial charge is 0.377 e. The maximum absolute atomic E-state index is 12.5. The molecule has 2 aliphatic heterocycles. The summed E-state index contributed by atoms with van der Waals surface area (Å²) in [5.74, 6) is -1.71. The molecule has 2 heterocycles. The molecule has 6 heteroatoms. The highest BCUT2D eigenvalue weighted by atomic mass is 16.7. The van der Waals surface area contributed by atoms with E-state index >= 15 is 0 Å². The highest BCUT2D eigenvalue weighted by molar-refractivity contribution is 6.20. The van der Waals surface area contributed by atoms with Crippen LogP contribution in [-0.4, -0.2) is 35.6 Å². The number of carbonyl (C=O) groups excluding carboxylic acids is 3. The maximum atomic E-state index is 12.5. The SMILES string of the molecule is O=C1c2ccccc2C(=O)N1OC(=O)C12CCCC(C1)OC2. The Morgan fingerprint density at radius 2 is 1.91 bits per heavy atom. The standard InChI is InChI=1S/C16H15NO5/c18-13-11-5-1-2-6-12(11)14(19)17(13)22-15(20)16-7-3-4-10(8-16)21-9-16/h1-2,5-6,10H,3-4,7-9H2. The molecule has 0 spiro atoms. The summed E-state index contributed by atoms with van der Waals surface area (Å²) in [6.07, 6.45) is 3.20. The van der Waals surface area contributed by atoms with Crippen molar-refractivity contribution in [2.75, 3.05) is 6.61 Å². The van der Waals surface area contributed by atoms with Crippen LogP contribution in [0.1, 0.15) is 46.4 Å². The summed E-state index contributed by atoms with van der Waals surface area (Å²) < 4.78 is 5.59. The molecule has 6 nitrogen and oxygen atoms in total. The van der Waals surface area contributed by atoms with Crippen LogP contribution in [0.15, 0.2) is 24.3 Å². The number of carbonyl (C=O) groups is 3. The third kappa shape index (κ3) is 1.80. The first-order valence-corrected chi connectivity index (χ1v) is 7.43. The van der Waals surface area contributed by atoms with Crippen molar-refractivity contribution in [3.63, 3.8) is 0 Å². The Morgan fingerprint density at radius 1 is 1.23 bits per heavy atom. The molecule has 22 heavy (non-hydrogen) atoms. The number of rotatable bonds is 2. The number of benzene rings is 1. The number of imide groups is 1. The maximum Gasteiger partial charge on any atom is 0.341 e. The van der Waals surface area contributed by atoms with Gasteiger partial charge in [-0.15, -0.1) is 0 Å². The molecule has 0 N–H and O–H groups in total. The number of ether oxygens (including phenoxy) is 1. The molecule has 3 aliphatic rings. The van der Waals surface area contributed by atoms with Crippen LogP contribution in [0.25, 0.3) is 0 Å². The van der Waals surface area contributed by atoms with Crippen LogP contribution in [0.5, 0.6) is 0 Å². The van der Waals surface area contributed by atoms with E-state index in [9.17, 15) is 14.4 Å². The highest BCUT2D eigenvalue weighted by Crippen LogP contribution is 2.45. The lowest BCUT2D eigenvalue weighted by Gasteiger charge is -2.29. The van der Waals surface area contributed by atoms with Crippen LogP contribution in [0.4, 0.5) is 0 Å². The van der Waals surface area contributed by atoms with E-state index < -0.39 is 23.2 Å². The molecule has 1 aromatic carbocycles. The Bertz CT molecular complexity index is 646. The first-order valence-electron chi connectivity index (χ1n) is 7.43. The summed E-state index contributed by atoms with van der Waals surface area (Å²) >= 11 is 0. The number of amides is 2. The van der Waals surface area contributed by atoms with Crippen molar-refractivity contribution in [3.8, 4) is 0 Å². The molecule has 2 bridgehead atoms. The van der Waals surface area contributed by atoms with Gasteiger partial charge in [0, 0.05) is 0 Å². The van der Waals surface area contributed by atoms with E-state index in [1.54, 1.807) is 24.3 Å². The predicted octanol–water partition coefficient (Wildman–Crippen LogP) is 1.70. The summed E-state index contributed by atoms with van der Waals surface area (Å²) in [6, 6.07) is 6.45. The van der Waals surface area contributed by atoms with Gasteiger partial charge in [-0.05, 0) is 37.8 Å². The lowest BCUT2D eigenvalue weighted by molar-refractivity contribution is -0.182. The quantitative estimate of drug-likeness (QED) is 0.777.